The van der Waals surface area contributed by atoms with Crippen LogP contribution >= 0.6 is 0 Å². The summed E-state index contributed by atoms with van der Waals surface area (Å²) >= 11 is 0. The Labute approximate surface area is 126 Å². The predicted molar refractivity (Wildman–Crippen MR) is 80.2 cm³/mol. The fourth-order valence-electron chi connectivity index (χ4n) is 2.78. The largest absolute Gasteiger partial charge is 0.454 e. The average Bonchev–Trinajstić information content (AvgIpc) is 3.13. The summed E-state index contributed by atoms with van der Waals surface area (Å²) in [6, 6.07) is 10.8. The Balaban J connectivity index is 1.45. The Kier molecular flexibility index (Phi) is 3.20. The first-order valence-corrected chi connectivity index (χ1v) is 7.25. The van der Waals surface area contributed by atoms with E-state index >= 15 is 0 Å². The number of hydrogen-bond acceptors (Lipinski definition) is 2. The SMILES string of the molecule is Fc1ccc2[nH]cc(C[NH2+]Cc3ccc4c(c3)OCO4)c2c1. The van der Waals surface area contributed by atoms with Gasteiger partial charge in [-0.15, -0.1) is 0 Å². The van der Waals surface area contributed by atoms with Crippen molar-refractivity contribution in [3.8, 4) is 11.5 Å². The third-order valence-electron chi connectivity index (χ3n) is 3.91. The van der Waals surface area contributed by atoms with Gasteiger partial charge in [0.25, 0.3) is 0 Å². The van der Waals surface area contributed by atoms with Crippen molar-refractivity contribution in [1.82, 2.24) is 4.98 Å². The summed E-state index contributed by atoms with van der Waals surface area (Å²) in [5.41, 5.74) is 3.25. The number of nitrogens with one attached hydrogen (secondary N) is 1. The lowest BCUT2D eigenvalue weighted by atomic mass is 10.1. The Hall–Kier alpha value is -2.53. The minimum Gasteiger partial charge on any atom is -0.454 e. The molecule has 0 aliphatic carbocycles. The summed E-state index contributed by atoms with van der Waals surface area (Å²) in [5.74, 6) is 1.40. The molecule has 3 aromatic rings. The summed E-state index contributed by atoms with van der Waals surface area (Å²) in [6.07, 6.45) is 1.94. The molecule has 0 atom stereocenters. The number of quaternary nitrogens is 1. The summed E-state index contributed by atoms with van der Waals surface area (Å²) < 4.78 is 24.0. The van der Waals surface area contributed by atoms with Gasteiger partial charge in [0, 0.05) is 28.2 Å². The zero-order chi connectivity index (χ0) is 14.9. The van der Waals surface area contributed by atoms with Crippen molar-refractivity contribution in [1.29, 1.82) is 0 Å². The van der Waals surface area contributed by atoms with E-state index in [4.69, 9.17) is 9.47 Å². The van der Waals surface area contributed by atoms with Gasteiger partial charge in [-0.1, -0.05) is 0 Å². The van der Waals surface area contributed by atoms with E-state index in [0.717, 1.165) is 41.1 Å². The van der Waals surface area contributed by atoms with Gasteiger partial charge in [0.2, 0.25) is 6.79 Å². The number of aromatic amines is 1. The summed E-state index contributed by atoms with van der Waals surface area (Å²) in [6.45, 7) is 1.92. The van der Waals surface area contributed by atoms with E-state index in [-0.39, 0.29) is 5.82 Å². The highest BCUT2D eigenvalue weighted by molar-refractivity contribution is 5.82. The molecule has 22 heavy (non-hydrogen) atoms. The summed E-state index contributed by atoms with van der Waals surface area (Å²) in [5, 5.41) is 3.13. The van der Waals surface area contributed by atoms with Crippen molar-refractivity contribution in [2.24, 2.45) is 0 Å². The number of ether oxygens (including phenoxy) is 2. The van der Waals surface area contributed by atoms with Gasteiger partial charge in [-0.3, -0.25) is 0 Å². The number of hydrogen-bond donors (Lipinski definition) is 2. The van der Waals surface area contributed by atoms with Crippen LogP contribution in [-0.2, 0) is 13.1 Å². The Morgan fingerprint density at radius 1 is 1.05 bits per heavy atom. The molecule has 1 aliphatic rings. The lowest BCUT2D eigenvalue weighted by molar-refractivity contribution is -0.686. The molecule has 1 aliphatic heterocycles. The number of nitrogens with two attached hydrogens (primary N) is 1. The van der Waals surface area contributed by atoms with E-state index in [2.05, 4.69) is 10.3 Å². The maximum Gasteiger partial charge on any atom is 0.231 e. The molecule has 0 radical (unpaired) electrons. The van der Waals surface area contributed by atoms with Crippen molar-refractivity contribution < 1.29 is 19.2 Å². The number of benzene rings is 2. The molecule has 1 aromatic heterocycles. The first kappa shape index (κ1) is 13.2. The Morgan fingerprint density at radius 3 is 2.91 bits per heavy atom. The third kappa shape index (κ3) is 2.40. The van der Waals surface area contributed by atoms with Crippen LogP contribution in [0.25, 0.3) is 10.9 Å². The van der Waals surface area contributed by atoms with Crippen molar-refractivity contribution in [3.63, 3.8) is 0 Å². The van der Waals surface area contributed by atoms with Crippen LogP contribution < -0.4 is 14.8 Å². The van der Waals surface area contributed by atoms with E-state index < -0.39 is 0 Å². The second-order valence-electron chi connectivity index (χ2n) is 5.39. The van der Waals surface area contributed by atoms with Gasteiger partial charge in [0.15, 0.2) is 11.5 Å². The van der Waals surface area contributed by atoms with Crippen molar-refractivity contribution in [2.45, 2.75) is 13.1 Å². The lowest BCUT2D eigenvalue weighted by Gasteiger charge is -2.03. The third-order valence-corrected chi connectivity index (χ3v) is 3.91. The molecule has 4 nitrogen and oxygen atoms in total. The van der Waals surface area contributed by atoms with Crippen molar-refractivity contribution in [3.05, 3.63) is 59.5 Å². The Bertz CT molecular complexity index is 829. The molecule has 112 valence electrons. The number of H-pyrrole nitrogens is 1. The van der Waals surface area contributed by atoms with E-state index in [0.29, 0.717) is 6.79 Å². The van der Waals surface area contributed by atoms with Crippen LogP contribution in [0.3, 0.4) is 0 Å². The van der Waals surface area contributed by atoms with Crippen molar-refractivity contribution >= 4 is 10.9 Å². The molecular weight excluding hydrogens is 283 g/mol. The lowest BCUT2D eigenvalue weighted by Crippen LogP contribution is -2.80. The standard InChI is InChI=1S/C17H15FN2O2/c18-13-2-3-15-14(6-13)12(9-20-15)8-19-7-11-1-4-16-17(5-11)22-10-21-16/h1-6,9,19-20H,7-8,10H2/p+1. The van der Waals surface area contributed by atoms with Crippen LogP contribution in [0, 0.1) is 5.82 Å². The topological polar surface area (TPSA) is 50.9 Å². The van der Waals surface area contributed by atoms with Gasteiger partial charge in [-0.25, -0.2) is 4.39 Å². The van der Waals surface area contributed by atoms with Crippen LogP contribution in [-0.4, -0.2) is 11.8 Å². The molecule has 2 heterocycles. The fourth-order valence-corrected chi connectivity index (χ4v) is 2.78. The predicted octanol–water partition coefficient (Wildman–Crippen LogP) is 2.30. The maximum absolute atomic E-state index is 13.4. The second kappa shape index (κ2) is 5.35. The zero-order valence-corrected chi connectivity index (χ0v) is 11.9. The smallest absolute Gasteiger partial charge is 0.231 e. The van der Waals surface area contributed by atoms with Crippen LogP contribution in [0.4, 0.5) is 4.39 Å². The van der Waals surface area contributed by atoms with Gasteiger partial charge in [-0.05, 0) is 36.4 Å². The molecule has 3 N–H and O–H groups in total. The number of fused-ring (bicyclic) bond motifs is 2. The van der Waals surface area contributed by atoms with Crippen molar-refractivity contribution in [2.75, 3.05) is 6.79 Å². The molecule has 0 amide bonds. The van der Waals surface area contributed by atoms with Gasteiger partial charge in [0.1, 0.15) is 18.9 Å². The van der Waals surface area contributed by atoms with Gasteiger partial charge < -0.3 is 19.8 Å². The van der Waals surface area contributed by atoms with E-state index in [9.17, 15) is 4.39 Å². The highest BCUT2D eigenvalue weighted by atomic mass is 19.1. The fraction of sp³-hybridized carbons (Fsp3) is 0.176. The molecule has 0 spiro atoms. The monoisotopic (exact) mass is 299 g/mol. The van der Waals surface area contributed by atoms with E-state index in [1.165, 1.54) is 11.6 Å². The van der Waals surface area contributed by atoms with Crippen LogP contribution in [0.5, 0.6) is 11.5 Å². The normalized spacial score (nSPS) is 13.0. The van der Waals surface area contributed by atoms with Crippen LogP contribution in [0.1, 0.15) is 11.1 Å². The number of aromatic nitrogens is 1. The number of rotatable bonds is 4. The average molecular weight is 299 g/mol. The minimum absolute atomic E-state index is 0.205. The van der Waals surface area contributed by atoms with E-state index in [1.807, 2.05) is 24.4 Å². The molecule has 0 unspecified atom stereocenters. The molecule has 2 aromatic carbocycles. The molecule has 5 heteroatoms. The molecule has 0 bridgehead atoms. The molecular formula is C17H16FN2O2+. The van der Waals surface area contributed by atoms with Gasteiger partial charge >= 0.3 is 0 Å². The van der Waals surface area contributed by atoms with Gasteiger partial charge in [0.05, 0.1) is 0 Å². The molecule has 0 saturated heterocycles. The maximum atomic E-state index is 13.4. The Morgan fingerprint density at radius 2 is 1.95 bits per heavy atom. The second-order valence-corrected chi connectivity index (χ2v) is 5.39. The molecule has 4 rings (SSSR count). The van der Waals surface area contributed by atoms with Crippen LogP contribution in [0.15, 0.2) is 42.6 Å². The van der Waals surface area contributed by atoms with Crippen LogP contribution in [0.2, 0.25) is 0 Å². The highest BCUT2D eigenvalue weighted by Gasteiger charge is 2.13. The quantitative estimate of drug-likeness (QED) is 0.776. The molecule has 0 saturated carbocycles. The first-order chi connectivity index (χ1) is 10.8. The highest BCUT2D eigenvalue weighted by Crippen LogP contribution is 2.32. The minimum atomic E-state index is -0.205. The summed E-state index contributed by atoms with van der Waals surface area (Å²) in [4.78, 5) is 3.17. The molecule has 0 fully saturated rings. The number of halogens is 1. The first-order valence-electron chi connectivity index (χ1n) is 7.25. The zero-order valence-electron chi connectivity index (χ0n) is 11.9. The van der Waals surface area contributed by atoms with E-state index in [1.54, 1.807) is 12.1 Å². The van der Waals surface area contributed by atoms with Gasteiger partial charge in [-0.2, -0.15) is 0 Å². The summed E-state index contributed by atoms with van der Waals surface area (Å²) in [7, 11) is 0.